The molecule has 0 saturated heterocycles. The van der Waals surface area contributed by atoms with Crippen molar-refractivity contribution in [2.75, 3.05) is 0 Å². The molecule has 0 nitrogen and oxygen atoms in total. The zero-order valence-electron chi connectivity index (χ0n) is 8.27. The van der Waals surface area contributed by atoms with Crippen LogP contribution in [0.5, 0.6) is 0 Å². The number of hydrogen-bond donors (Lipinski definition) is 1. The monoisotopic (exact) mass is 202 g/mol. The van der Waals surface area contributed by atoms with Crippen LogP contribution in [0.2, 0.25) is 0 Å². The van der Waals surface area contributed by atoms with E-state index in [9.17, 15) is 0 Å². The molecule has 0 aromatic heterocycles. The zero-order chi connectivity index (χ0) is 9.97. The lowest BCUT2D eigenvalue weighted by Gasteiger charge is -2.07. The Kier molecular flexibility index (Phi) is 2.78. The highest BCUT2D eigenvalue weighted by atomic mass is 32.1. The van der Waals surface area contributed by atoms with Crippen molar-refractivity contribution in [1.29, 1.82) is 0 Å². The number of benzene rings is 2. The number of fused-ring (bicyclic) bond motifs is 1. The van der Waals surface area contributed by atoms with E-state index in [1.54, 1.807) is 0 Å². The Morgan fingerprint density at radius 2 is 1.79 bits per heavy atom. The van der Waals surface area contributed by atoms with Crippen molar-refractivity contribution in [3.05, 3.63) is 48.0 Å². The lowest BCUT2D eigenvalue weighted by Crippen LogP contribution is -1.97. The Morgan fingerprint density at radius 1 is 1.07 bits per heavy atom. The van der Waals surface area contributed by atoms with Gasteiger partial charge in [0, 0.05) is 5.25 Å². The lowest BCUT2D eigenvalue weighted by atomic mass is 10.0. The summed E-state index contributed by atoms with van der Waals surface area (Å²) < 4.78 is 0. The van der Waals surface area contributed by atoms with E-state index in [2.05, 4.69) is 62.0 Å². The summed E-state index contributed by atoms with van der Waals surface area (Å²) in [6.45, 7) is 2.13. The highest BCUT2D eigenvalue weighted by Gasteiger charge is 2.02. The Hall–Kier alpha value is -0.950. The molecule has 1 heteroatoms. The van der Waals surface area contributed by atoms with Crippen molar-refractivity contribution < 1.29 is 0 Å². The molecule has 2 rings (SSSR count). The molecule has 0 aliphatic heterocycles. The molecule has 1 unspecified atom stereocenters. The van der Waals surface area contributed by atoms with Gasteiger partial charge in [-0.3, -0.25) is 0 Å². The quantitative estimate of drug-likeness (QED) is 0.705. The number of thiol groups is 1. The molecule has 14 heavy (non-hydrogen) atoms. The fourth-order valence-corrected chi connectivity index (χ4v) is 1.99. The van der Waals surface area contributed by atoms with Gasteiger partial charge in [-0.2, -0.15) is 12.6 Å². The van der Waals surface area contributed by atoms with E-state index < -0.39 is 0 Å². The third kappa shape index (κ3) is 1.93. The summed E-state index contributed by atoms with van der Waals surface area (Å²) in [6, 6.07) is 15.0. The summed E-state index contributed by atoms with van der Waals surface area (Å²) in [5.41, 5.74) is 1.39. The maximum absolute atomic E-state index is 4.43. The van der Waals surface area contributed by atoms with Gasteiger partial charge in [-0.25, -0.2) is 0 Å². The fraction of sp³-hybridized carbons (Fsp3) is 0.231. The molecule has 0 saturated carbocycles. The summed E-state index contributed by atoms with van der Waals surface area (Å²) in [6.07, 6.45) is 1.03. The van der Waals surface area contributed by atoms with Crippen LogP contribution in [0.4, 0.5) is 0 Å². The van der Waals surface area contributed by atoms with Crippen molar-refractivity contribution in [2.45, 2.75) is 18.6 Å². The standard InChI is InChI=1S/C13H14S/c1-10(14)9-12-7-4-6-11-5-2-3-8-13(11)12/h2-8,10,14H,9H2,1H3. The SMILES string of the molecule is CC(S)Cc1cccc2ccccc12. The van der Waals surface area contributed by atoms with Gasteiger partial charge < -0.3 is 0 Å². The van der Waals surface area contributed by atoms with E-state index >= 15 is 0 Å². The second-order valence-electron chi connectivity index (χ2n) is 3.69. The van der Waals surface area contributed by atoms with Crippen LogP contribution in [0, 0.1) is 0 Å². The van der Waals surface area contributed by atoms with Gasteiger partial charge in [-0.15, -0.1) is 0 Å². The van der Waals surface area contributed by atoms with E-state index in [-0.39, 0.29) is 0 Å². The Morgan fingerprint density at radius 3 is 2.57 bits per heavy atom. The molecule has 2 aromatic rings. The molecule has 72 valence electrons. The van der Waals surface area contributed by atoms with Gasteiger partial charge in [0.25, 0.3) is 0 Å². The first-order chi connectivity index (χ1) is 6.77. The molecule has 1 atom stereocenters. The minimum atomic E-state index is 0.417. The highest BCUT2D eigenvalue weighted by molar-refractivity contribution is 7.80. The second kappa shape index (κ2) is 4.05. The lowest BCUT2D eigenvalue weighted by molar-refractivity contribution is 0.959. The summed E-state index contributed by atoms with van der Waals surface area (Å²) in [5.74, 6) is 0. The predicted octanol–water partition coefficient (Wildman–Crippen LogP) is 3.70. The molecule has 0 bridgehead atoms. The third-order valence-electron chi connectivity index (χ3n) is 2.40. The van der Waals surface area contributed by atoms with Gasteiger partial charge in [-0.05, 0) is 22.8 Å². The molecule has 0 N–H and O–H groups in total. The number of hydrogen-bond acceptors (Lipinski definition) is 1. The van der Waals surface area contributed by atoms with Crippen LogP contribution in [-0.4, -0.2) is 5.25 Å². The maximum Gasteiger partial charge on any atom is 0.00290 e. The molecule has 0 heterocycles. The minimum absolute atomic E-state index is 0.417. The molecular formula is C13H14S. The molecule has 0 aliphatic carbocycles. The van der Waals surface area contributed by atoms with E-state index in [1.165, 1.54) is 16.3 Å². The second-order valence-corrected chi connectivity index (χ2v) is 4.57. The summed E-state index contributed by atoms with van der Waals surface area (Å²) in [5, 5.41) is 3.09. The van der Waals surface area contributed by atoms with Crippen molar-refractivity contribution >= 4 is 23.4 Å². The number of rotatable bonds is 2. The van der Waals surface area contributed by atoms with Crippen LogP contribution >= 0.6 is 12.6 Å². The van der Waals surface area contributed by atoms with E-state index in [1.807, 2.05) is 0 Å². The molecular weight excluding hydrogens is 188 g/mol. The van der Waals surface area contributed by atoms with Crippen LogP contribution < -0.4 is 0 Å². The van der Waals surface area contributed by atoms with Crippen LogP contribution in [0.3, 0.4) is 0 Å². The molecule has 0 aliphatic rings. The average molecular weight is 202 g/mol. The Bertz CT molecular complexity index is 427. The summed E-state index contributed by atoms with van der Waals surface area (Å²) >= 11 is 4.43. The van der Waals surface area contributed by atoms with Gasteiger partial charge in [0.1, 0.15) is 0 Å². The van der Waals surface area contributed by atoms with E-state index in [0.717, 1.165) is 6.42 Å². The normalized spacial score (nSPS) is 13.0. The van der Waals surface area contributed by atoms with Crippen molar-refractivity contribution in [1.82, 2.24) is 0 Å². The third-order valence-corrected chi connectivity index (χ3v) is 2.58. The molecule has 2 aromatic carbocycles. The molecule has 0 fully saturated rings. The van der Waals surface area contributed by atoms with Crippen LogP contribution in [0.1, 0.15) is 12.5 Å². The summed E-state index contributed by atoms with van der Waals surface area (Å²) in [4.78, 5) is 0. The van der Waals surface area contributed by atoms with E-state index in [0.29, 0.717) is 5.25 Å². The van der Waals surface area contributed by atoms with Crippen molar-refractivity contribution in [2.24, 2.45) is 0 Å². The smallest absolute Gasteiger partial charge is 0.00290 e. The maximum atomic E-state index is 4.43. The first-order valence-electron chi connectivity index (χ1n) is 4.92. The van der Waals surface area contributed by atoms with Gasteiger partial charge in [0.05, 0.1) is 0 Å². The topological polar surface area (TPSA) is 0 Å². The van der Waals surface area contributed by atoms with Gasteiger partial charge in [0.2, 0.25) is 0 Å². The highest BCUT2D eigenvalue weighted by Crippen LogP contribution is 2.20. The van der Waals surface area contributed by atoms with Crippen LogP contribution in [0.15, 0.2) is 42.5 Å². The Labute approximate surface area is 90.4 Å². The fourth-order valence-electron chi connectivity index (χ4n) is 1.79. The predicted molar refractivity (Wildman–Crippen MR) is 66.1 cm³/mol. The zero-order valence-corrected chi connectivity index (χ0v) is 9.17. The van der Waals surface area contributed by atoms with Crippen molar-refractivity contribution in [3.8, 4) is 0 Å². The van der Waals surface area contributed by atoms with E-state index in [4.69, 9.17) is 0 Å². The average Bonchev–Trinajstić information content (AvgIpc) is 2.18. The molecule has 0 spiro atoms. The van der Waals surface area contributed by atoms with Crippen LogP contribution in [0.25, 0.3) is 10.8 Å². The van der Waals surface area contributed by atoms with Gasteiger partial charge >= 0.3 is 0 Å². The minimum Gasteiger partial charge on any atom is -0.176 e. The first kappa shape index (κ1) is 9.60. The van der Waals surface area contributed by atoms with Gasteiger partial charge in [-0.1, -0.05) is 49.4 Å². The molecule has 0 radical (unpaired) electrons. The molecule has 0 amide bonds. The first-order valence-corrected chi connectivity index (χ1v) is 5.44. The summed E-state index contributed by atoms with van der Waals surface area (Å²) in [7, 11) is 0. The largest absolute Gasteiger partial charge is 0.176 e. The Balaban J connectivity index is 2.53. The van der Waals surface area contributed by atoms with Gasteiger partial charge in [0.15, 0.2) is 0 Å². The van der Waals surface area contributed by atoms with Crippen LogP contribution in [-0.2, 0) is 6.42 Å². The van der Waals surface area contributed by atoms with Crippen molar-refractivity contribution in [3.63, 3.8) is 0 Å².